The van der Waals surface area contributed by atoms with Crippen LogP contribution in [0.1, 0.15) is 77.7 Å². The Morgan fingerprint density at radius 1 is 0.690 bits per heavy atom. The number of aliphatic carboxylic acids is 1. The first-order valence-corrected chi connectivity index (χ1v) is 23.4. The lowest BCUT2D eigenvalue weighted by molar-refractivity contribution is -0.143. The van der Waals surface area contributed by atoms with E-state index < -0.39 is 133 Å². The van der Waals surface area contributed by atoms with Crippen molar-refractivity contribution < 1.29 is 68.7 Å². The molecule has 1 saturated heterocycles. The number of carbonyl (C=O) groups excluding carboxylic acids is 8. The molecule has 0 radical (unpaired) electrons. The molecule has 0 bridgehead atoms. The number of hydrogen-bond acceptors (Lipinski definition) is 16. The molecule has 20 N–H and O–H groups in total. The Morgan fingerprint density at radius 2 is 1.18 bits per heavy atom. The largest absolute Gasteiger partial charge is 0.508 e. The van der Waals surface area contributed by atoms with E-state index in [4.69, 9.17) is 22.9 Å². The average molecular weight is 1010 g/mol. The van der Waals surface area contributed by atoms with Gasteiger partial charge in [-0.15, -0.1) is 0 Å². The molecule has 10 atom stereocenters. The predicted molar refractivity (Wildman–Crippen MR) is 255 cm³/mol. The van der Waals surface area contributed by atoms with Crippen LogP contribution in [0.2, 0.25) is 0 Å². The predicted octanol–water partition coefficient (Wildman–Crippen LogP) is -6.04. The molecule has 0 unspecified atom stereocenters. The van der Waals surface area contributed by atoms with Crippen LogP contribution in [0.25, 0.3) is 0 Å². The van der Waals surface area contributed by atoms with Crippen molar-refractivity contribution in [3.63, 3.8) is 0 Å². The van der Waals surface area contributed by atoms with Gasteiger partial charge in [-0.05, 0) is 82.0 Å². The van der Waals surface area contributed by atoms with Crippen molar-refractivity contribution in [2.75, 3.05) is 39.5 Å². The van der Waals surface area contributed by atoms with Gasteiger partial charge in [0, 0.05) is 19.5 Å². The number of nitrogens with one attached hydrogen (secondary N) is 7. The van der Waals surface area contributed by atoms with Crippen molar-refractivity contribution in [1.29, 1.82) is 0 Å². The Bertz CT molecular complexity index is 1990. The monoisotopic (exact) mass is 1010 g/mol. The molecular weight excluding hydrogens is 935 g/mol. The number of nitrogens with two attached hydrogens (primary N) is 4. The van der Waals surface area contributed by atoms with Crippen LogP contribution in [0.3, 0.4) is 0 Å². The second kappa shape index (κ2) is 30.8. The molecule has 1 heterocycles. The number of aliphatic hydroxyl groups is 3. The Balaban J connectivity index is 2.36. The minimum absolute atomic E-state index is 0.0107. The molecule has 71 heavy (non-hydrogen) atoms. The molecule has 1 aliphatic rings. The van der Waals surface area contributed by atoms with Crippen LogP contribution in [0.4, 0.5) is 0 Å². The Labute approximate surface area is 411 Å². The molecule has 27 heteroatoms. The van der Waals surface area contributed by atoms with Gasteiger partial charge in [0.25, 0.3) is 0 Å². The highest BCUT2D eigenvalue weighted by molar-refractivity contribution is 5.98. The Hall–Kier alpha value is -6.68. The molecule has 0 aromatic heterocycles. The third-order valence-electron chi connectivity index (χ3n) is 11.6. The van der Waals surface area contributed by atoms with Crippen molar-refractivity contribution in [2.24, 2.45) is 33.8 Å². The van der Waals surface area contributed by atoms with E-state index in [9.17, 15) is 68.7 Å². The number of benzene rings is 1. The minimum Gasteiger partial charge on any atom is -0.508 e. The highest BCUT2D eigenvalue weighted by Gasteiger charge is 2.38. The molecule has 8 amide bonds. The summed E-state index contributed by atoms with van der Waals surface area (Å²) in [4.78, 5) is 125. The summed E-state index contributed by atoms with van der Waals surface area (Å²) in [5.41, 5.74) is 22.6. The summed E-state index contributed by atoms with van der Waals surface area (Å²) in [6.45, 7) is 2.38. The number of aromatic hydroxyl groups is 1. The fourth-order valence-corrected chi connectivity index (χ4v) is 7.32. The van der Waals surface area contributed by atoms with Gasteiger partial charge in [0.1, 0.15) is 54.1 Å². The number of amides is 8. The number of carboxylic acids is 1. The fourth-order valence-electron chi connectivity index (χ4n) is 7.32. The summed E-state index contributed by atoms with van der Waals surface area (Å²) in [6, 6.07) is -7.11. The second-order valence-electron chi connectivity index (χ2n) is 17.2. The third kappa shape index (κ3) is 19.9. The topological polar surface area (TPSA) is 459 Å². The highest BCUT2D eigenvalue weighted by atomic mass is 16.4. The zero-order valence-electron chi connectivity index (χ0n) is 40.3. The quantitative estimate of drug-likeness (QED) is 0.0187. The SMILES string of the molecule is CC[C@H](C)[C@H](NC(=O)[C@H](CO)NC(=O)[C@H](Cc1ccc(O)cc1)NC(=O)[C@H](CO)NC(=O)[C@@H]1CCCN1C(=O)[C@H](C)N)C(=O)N[C@@H](CCCCN)C(=O)N[C@@H](CCCN=C(N)N)C(=O)N[C@@H](CO)C(=O)O. The number of phenolic OH excluding ortho intramolecular Hbond substituents is 1. The van der Waals surface area contributed by atoms with Gasteiger partial charge < -0.3 is 90.6 Å². The van der Waals surface area contributed by atoms with Crippen LogP contribution >= 0.6 is 0 Å². The number of aliphatic imine (C=N–C) groups is 1. The van der Waals surface area contributed by atoms with E-state index in [1.165, 1.54) is 36.1 Å². The summed E-state index contributed by atoms with van der Waals surface area (Å²) in [6.07, 6.45) is 1.50. The molecule has 1 fully saturated rings. The first-order valence-electron chi connectivity index (χ1n) is 23.4. The second-order valence-corrected chi connectivity index (χ2v) is 17.2. The number of hydrogen-bond donors (Lipinski definition) is 16. The summed E-state index contributed by atoms with van der Waals surface area (Å²) in [5, 5.41) is 66.3. The van der Waals surface area contributed by atoms with Crippen LogP contribution < -0.4 is 60.2 Å². The van der Waals surface area contributed by atoms with Gasteiger partial charge in [-0.1, -0.05) is 32.4 Å². The van der Waals surface area contributed by atoms with E-state index in [2.05, 4.69) is 42.2 Å². The van der Waals surface area contributed by atoms with Gasteiger partial charge >= 0.3 is 5.97 Å². The number of unbranched alkanes of at least 4 members (excludes halogenated alkanes) is 1. The number of carboxylic acid groups (broad SMARTS) is 1. The van der Waals surface area contributed by atoms with Gasteiger partial charge in [0.15, 0.2) is 5.96 Å². The number of rotatable bonds is 31. The van der Waals surface area contributed by atoms with Crippen molar-refractivity contribution in [1.82, 2.24) is 42.1 Å². The standard InChI is InChI=1S/C44H73N13O14/c1-4-23(2)34(41(68)51-27(9-5-6-16-45)35(62)50-28(10-7-17-49-44(47)48)36(63)55-32(22-60)43(70)71)56-39(66)31(21-59)53-37(64)29(19-25-12-14-26(61)15-13-25)52-38(65)30(20-58)54-40(67)33-11-8-18-57(33)42(69)24(3)46/h12-15,23-24,27-34,58-61H,4-11,16-22,45-46H2,1-3H3,(H,50,62)(H,51,68)(H,52,65)(H,53,64)(H,54,67)(H,55,63)(H,56,66)(H,70,71)(H4,47,48,49)/t23-,24-,27-,28-,29-,30-,31-,32-,33-,34-/m0/s1. The molecule has 398 valence electrons. The smallest absolute Gasteiger partial charge is 0.328 e. The molecule has 0 spiro atoms. The number of aliphatic hydroxyl groups excluding tert-OH is 3. The lowest BCUT2D eigenvalue weighted by Gasteiger charge is -2.29. The number of guanidine groups is 1. The van der Waals surface area contributed by atoms with Crippen LogP contribution in [-0.4, -0.2) is 183 Å². The fraction of sp³-hybridized carbons (Fsp3) is 0.636. The lowest BCUT2D eigenvalue weighted by atomic mass is 9.97. The number of nitrogens with zero attached hydrogens (tertiary/aromatic N) is 2. The molecular formula is C44H73N13O14. The van der Waals surface area contributed by atoms with E-state index in [1.807, 2.05) is 0 Å². The van der Waals surface area contributed by atoms with Crippen molar-refractivity contribution in [3.8, 4) is 5.75 Å². The Morgan fingerprint density at radius 3 is 1.72 bits per heavy atom. The summed E-state index contributed by atoms with van der Waals surface area (Å²) in [5.74, 6) is -9.58. The van der Waals surface area contributed by atoms with E-state index >= 15 is 0 Å². The highest BCUT2D eigenvalue weighted by Crippen LogP contribution is 2.19. The van der Waals surface area contributed by atoms with Crippen molar-refractivity contribution in [3.05, 3.63) is 29.8 Å². The van der Waals surface area contributed by atoms with Crippen molar-refractivity contribution in [2.45, 2.75) is 133 Å². The molecule has 2 rings (SSSR count). The van der Waals surface area contributed by atoms with E-state index in [1.54, 1.807) is 13.8 Å². The van der Waals surface area contributed by atoms with Crippen LogP contribution in [0, 0.1) is 5.92 Å². The third-order valence-corrected chi connectivity index (χ3v) is 11.6. The van der Waals surface area contributed by atoms with E-state index in [-0.39, 0.29) is 69.9 Å². The van der Waals surface area contributed by atoms with E-state index in [0.29, 0.717) is 24.8 Å². The number of likely N-dealkylation sites (tertiary alicyclic amines) is 1. The van der Waals surface area contributed by atoms with Gasteiger partial charge in [-0.3, -0.25) is 43.3 Å². The summed E-state index contributed by atoms with van der Waals surface area (Å²) >= 11 is 0. The molecule has 1 aliphatic heterocycles. The molecule has 27 nitrogen and oxygen atoms in total. The number of phenols is 1. The van der Waals surface area contributed by atoms with Gasteiger partial charge in [0.05, 0.1) is 25.9 Å². The van der Waals surface area contributed by atoms with Crippen LogP contribution in [-0.2, 0) is 49.6 Å². The average Bonchev–Trinajstić information content (AvgIpc) is 3.83. The zero-order chi connectivity index (χ0) is 53.4. The van der Waals surface area contributed by atoms with Gasteiger partial charge in [-0.25, -0.2) is 4.79 Å². The summed E-state index contributed by atoms with van der Waals surface area (Å²) in [7, 11) is 0. The first-order chi connectivity index (χ1) is 33.6. The maximum Gasteiger partial charge on any atom is 0.328 e. The van der Waals surface area contributed by atoms with Gasteiger partial charge in [-0.2, -0.15) is 0 Å². The molecule has 0 saturated carbocycles. The maximum absolute atomic E-state index is 14.1. The number of carbonyl (C=O) groups is 9. The van der Waals surface area contributed by atoms with E-state index in [0.717, 1.165) is 0 Å². The molecule has 1 aromatic carbocycles. The Kier molecular flexibility index (Phi) is 26.2. The van der Waals surface area contributed by atoms with Gasteiger partial charge in [0.2, 0.25) is 47.3 Å². The lowest BCUT2D eigenvalue weighted by Crippen LogP contribution is -2.62. The molecule has 1 aromatic rings. The zero-order valence-corrected chi connectivity index (χ0v) is 40.3. The van der Waals surface area contributed by atoms with Crippen LogP contribution in [0.5, 0.6) is 5.75 Å². The minimum atomic E-state index is -1.75. The summed E-state index contributed by atoms with van der Waals surface area (Å²) < 4.78 is 0. The molecule has 0 aliphatic carbocycles. The normalized spacial score (nSPS) is 17.0. The van der Waals surface area contributed by atoms with Crippen molar-refractivity contribution >= 4 is 59.2 Å². The van der Waals surface area contributed by atoms with Crippen LogP contribution in [0.15, 0.2) is 29.3 Å². The maximum atomic E-state index is 14.1. The first kappa shape index (κ1) is 60.4.